The molecule has 5 heteroatoms. The van der Waals surface area contributed by atoms with Crippen molar-refractivity contribution >= 4 is 56.4 Å². The Kier molecular flexibility index (Phi) is 4.68. The zero-order valence-electron chi connectivity index (χ0n) is 8.65. The zero-order valence-corrected chi connectivity index (χ0v) is 12.6. The van der Waals surface area contributed by atoms with Gasteiger partial charge in [-0.3, -0.25) is 4.79 Å². The van der Waals surface area contributed by atoms with Crippen molar-refractivity contribution < 1.29 is 4.79 Å². The van der Waals surface area contributed by atoms with E-state index < -0.39 is 0 Å². The minimum absolute atomic E-state index is 0.153. The average molecular weight is 348 g/mol. The second-order valence-corrected chi connectivity index (χ2v) is 7.22. The summed E-state index contributed by atoms with van der Waals surface area (Å²) in [5.41, 5.74) is 0. The number of Topliss-reactive ketones (excluding diaryl/α,β-unsaturated/α-hetero) is 1. The number of benzene rings is 1. The second-order valence-electron chi connectivity index (χ2n) is 3.27. The highest BCUT2D eigenvalue weighted by Gasteiger charge is 2.09. The van der Waals surface area contributed by atoms with Gasteiger partial charge < -0.3 is 0 Å². The molecule has 1 aromatic heterocycles. The molecule has 2 aromatic rings. The topological polar surface area (TPSA) is 17.1 Å². The summed E-state index contributed by atoms with van der Waals surface area (Å²) in [5.74, 6) is 0.606. The van der Waals surface area contributed by atoms with Gasteiger partial charge in [0.25, 0.3) is 0 Å². The average Bonchev–Trinajstić information content (AvgIpc) is 2.75. The second kappa shape index (κ2) is 6.05. The summed E-state index contributed by atoms with van der Waals surface area (Å²) in [4.78, 5) is 13.7. The van der Waals surface area contributed by atoms with Crippen LogP contribution in [0.1, 0.15) is 9.67 Å². The minimum atomic E-state index is 0.153. The number of ketones is 1. The number of halogens is 2. The third kappa shape index (κ3) is 3.85. The molecule has 2 rings (SSSR count). The fraction of sp³-hybridized carbons (Fsp3) is 0.0833. The van der Waals surface area contributed by atoms with E-state index in [1.165, 1.54) is 23.1 Å². The molecule has 1 nitrogen and oxygen atoms in total. The Morgan fingerprint density at radius 3 is 2.53 bits per heavy atom. The van der Waals surface area contributed by atoms with Crippen LogP contribution >= 0.6 is 50.6 Å². The quantitative estimate of drug-likeness (QED) is 0.563. The van der Waals surface area contributed by atoms with Gasteiger partial charge in [-0.1, -0.05) is 11.6 Å². The van der Waals surface area contributed by atoms with Crippen LogP contribution in [-0.2, 0) is 0 Å². The molecule has 0 aliphatic carbocycles. The van der Waals surface area contributed by atoms with Crippen molar-refractivity contribution in [2.24, 2.45) is 0 Å². The number of thioether (sulfide) groups is 1. The summed E-state index contributed by atoms with van der Waals surface area (Å²) in [6.07, 6.45) is 0. The van der Waals surface area contributed by atoms with Crippen LogP contribution in [0.2, 0.25) is 5.02 Å². The summed E-state index contributed by atoms with van der Waals surface area (Å²) in [5, 5.41) is 0.711. The highest BCUT2D eigenvalue weighted by Crippen LogP contribution is 2.25. The number of hydrogen-bond donors (Lipinski definition) is 0. The lowest BCUT2D eigenvalue weighted by Gasteiger charge is -1.99. The van der Waals surface area contributed by atoms with E-state index in [0.29, 0.717) is 10.8 Å². The molecule has 0 atom stereocenters. The predicted octanol–water partition coefficient (Wildman–Crippen LogP) is 5.14. The summed E-state index contributed by atoms with van der Waals surface area (Å²) < 4.78 is 0.984. The number of thiophene rings is 1. The lowest BCUT2D eigenvalue weighted by atomic mass is 10.3. The SMILES string of the molecule is O=C(CSc1ccc(Cl)cc1)c1ccc(Br)s1. The van der Waals surface area contributed by atoms with Gasteiger partial charge in [0.05, 0.1) is 14.4 Å². The first kappa shape index (κ1) is 13.1. The maximum Gasteiger partial charge on any atom is 0.183 e. The van der Waals surface area contributed by atoms with Gasteiger partial charge in [-0.25, -0.2) is 0 Å². The number of hydrogen-bond acceptors (Lipinski definition) is 3. The summed E-state index contributed by atoms with van der Waals surface area (Å²) in [7, 11) is 0. The molecule has 0 bridgehead atoms. The van der Waals surface area contributed by atoms with Gasteiger partial charge >= 0.3 is 0 Å². The molecule has 0 aliphatic heterocycles. The van der Waals surface area contributed by atoms with Crippen LogP contribution in [0.25, 0.3) is 0 Å². The molecule has 0 N–H and O–H groups in total. The molecule has 1 heterocycles. The Balaban J connectivity index is 1.94. The van der Waals surface area contributed by atoms with E-state index in [1.807, 2.05) is 36.4 Å². The molecule has 0 saturated carbocycles. The Hall–Kier alpha value is -0.290. The van der Waals surface area contributed by atoms with Gasteiger partial charge in [-0.2, -0.15) is 0 Å². The minimum Gasteiger partial charge on any atom is -0.292 e. The van der Waals surface area contributed by atoms with Crippen LogP contribution < -0.4 is 0 Å². The monoisotopic (exact) mass is 346 g/mol. The maximum absolute atomic E-state index is 11.8. The summed E-state index contributed by atoms with van der Waals surface area (Å²) in [6, 6.07) is 11.2. The molecule has 0 unspecified atom stereocenters. The maximum atomic E-state index is 11.8. The molecule has 0 spiro atoms. The van der Waals surface area contributed by atoms with E-state index in [2.05, 4.69) is 15.9 Å². The first-order valence-electron chi connectivity index (χ1n) is 4.82. The number of carbonyl (C=O) groups is 1. The van der Waals surface area contributed by atoms with Crippen LogP contribution in [0.5, 0.6) is 0 Å². The van der Waals surface area contributed by atoms with Gasteiger partial charge in [0, 0.05) is 9.92 Å². The Bertz CT molecular complexity index is 522. The molecule has 0 aliphatic rings. The lowest BCUT2D eigenvalue weighted by Crippen LogP contribution is -1.98. The van der Waals surface area contributed by atoms with E-state index in [9.17, 15) is 4.79 Å². The fourth-order valence-corrected chi connectivity index (χ4v) is 3.54. The first-order chi connectivity index (χ1) is 8.15. The van der Waals surface area contributed by atoms with Crippen LogP contribution in [0.15, 0.2) is 45.1 Å². The number of rotatable bonds is 4. The van der Waals surface area contributed by atoms with Crippen LogP contribution in [0.4, 0.5) is 0 Å². The van der Waals surface area contributed by atoms with Gasteiger partial charge in [0.1, 0.15) is 0 Å². The molecule has 0 amide bonds. The van der Waals surface area contributed by atoms with Crippen molar-refractivity contribution in [1.82, 2.24) is 0 Å². The molecule has 0 fully saturated rings. The highest BCUT2D eigenvalue weighted by atomic mass is 79.9. The van der Waals surface area contributed by atoms with Crippen LogP contribution in [0, 0.1) is 0 Å². The fourth-order valence-electron chi connectivity index (χ4n) is 1.21. The molecule has 88 valence electrons. The summed E-state index contributed by atoms with van der Waals surface area (Å²) >= 11 is 12.1. The first-order valence-corrected chi connectivity index (χ1v) is 7.79. The van der Waals surface area contributed by atoms with Crippen molar-refractivity contribution in [3.8, 4) is 0 Å². The third-order valence-electron chi connectivity index (χ3n) is 2.03. The standard InChI is InChI=1S/C12H8BrClOS2/c13-12-6-5-11(17-12)10(15)7-16-9-3-1-8(14)2-4-9/h1-6H,7H2. The largest absolute Gasteiger partial charge is 0.292 e. The van der Waals surface area contributed by atoms with Gasteiger partial charge in [-0.15, -0.1) is 23.1 Å². The van der Waals surface area contributed by atoms with Crippen LogP contribution in [0.3, 0.4) is 0 Å². The third-order valence-corrected chi connectivity index (χ3v) is 4.96. The van der Waals surface area contributed by atoms with E-state index in [4.69, 9.17) is 11.6 Å². The van der Waals surface area contributed by atoms with Crippen molar-refractivity contribution in [2.45, 2.75) is 4.90 Å². The molecule has 1 aromatic carbocycles. The Morgan fingerprint density at radius 1 is 1.24 bits per heavy atom. The Morgan fingerprint density at radius 2 is 1.94 bits per heavy atom. The van der Waals surface area contributed by atoms with Crippen molar-refractivity contribution in [2.75, 3.05) is 5.75 Å². The van der Waals surface area contributed by atoms with E-state index in [-0.39, 0.29) is 5.78 Å². The van der Waals surface area contributed by atoms with Gasteiger partial charge in [0.15, 0.2) is 5.78 Å². The molecular weight excluding hydrogens is 340 g/mol. The van der Waals surface area contributed by atoms with Crippen molar-refractivity contribution in [3.63, 3.8) is 0 Å². The summed E-state index contributed by atoms with van der Waals surface area (Å²) in [6.45, 7) is 0. The molecular formula is C12H8BrClOS2. The van der Waals surface area contributed by atoms with Gasteiger partial charge in [-0.05, 0) is 52.3 Å². The van der Waals surface area contributed by atoms with Crippen LogP contribution in [-0.4, -0.2) is 11.5 Å². The van der Waals surface area contributed by atoms with Gasteiger partial charge in [0.2, 0.25) is 0 Å². The molecule has 0 saturated heterocycles. The predicted molar refractivity (Wildman–Crippen MR) is 78.5 cm³/mol. The van der Waals surface area contributed by atoms with E-state index >= 15 is 0 Å². The van der Waals surface area contributed by atoms with Crippen molar-refractivity contribution in [3.05, 3.63) is 50.1 Å². The molecule has 0 radical (unpaired) electrons. The smallest absolute Gasteiger partial charge is 0.183 e. The normalized spacial score (nSPS) is 10.5. The van der Waals surface area contributed by atoms with Crippen molar-refractivity contribution in [1.29, 1.82) is 0 Å². The zero-order chi connectivity index (χ0) is 12.3. The number of carbonyl (C=O) groups excluding carboxylic acids is 1. The Labute approximate surface area is 121 Å². The van der Waals surface area contributed by atoms with E-state index in [1.54, 1.807) is 0 Å². The van der Waals surface area contributed by atoms with E-state index in [0.717, 1.165) is 13.6 Å². The molecule has 17 heavy (non-hydrogen) atoms. The highest BCUT2D eigenvalue weighted by molar-refractivity contribution is 9.11. The lowest BCUT2D eigenvalue weighted by molar-refractivity contribution is 0.102.